The number of aromatic nitrogens is 3. The molecule has 1 aliphatic rings. The second-order valence-corrected chi connectivity index (χ2v) is 8.63. The summed E-state index contributed by atoms with van der Waals surface area (Å²) in [6, 6.07) is 22.2. The smallest absolute Gasteiger partial charge is 0.258 e. The largest absolute Gasteiger partial charge is 0.468 e. The monoisotopic (exact) mass is 440 g/mol. The van der Waals surface area contributed by atoms with Crippen molar-refractivity contribution in [3.05, 3.63) is 72.3 Å². The van der Waals surface area contributed by atoms with Crippen LogP contribution in [0.15, 0.2) is 66.7 Å². The van der Waals surface area contributed by atoms with Crippen LogP contribution in [-0.4, -0.2) is 33.3 Å². The number of carbonyl (C=O) groups is 1. The fourth-order valence-electron chi connectivity index (χ4n) is 4.55. The number of carbonyl (C=O) groups excluding carboxylic acids is 1. The summed E-state index contributed by atoms with van der Waals surface area (Å²) >= 11 is 0. The van der Waals surface area contributed by atoms with Gasteiger partial charge in [-0.15, -0.1) is 0 Å². The van der Waals surface area contributed by atoms with Gasteiger partial charge in [-0.1, -0.05) is 67.8 Å². The minimum Gasteiger partial charge on any atom is -0.468 e. The minimum absolute atomic E-state index is 0.0422. The third kappa shape index (κ3) is 4.60. The molecule has 0 saturated heterocycles. The molecule has 0 spiro atoms. The van der Waals surface area contributed by atoms with Gasteiger partial charge in [-0.05, 0) is 37.5 Å². The van der Waals surface area contributed by atoms with E-state index < -0.39 is 0 Å². The molecule has 6 heteroatoms. The SMILES string of the molecule is Cc1cc(OCC(=O)NC2CCCCC2)nc2c1c(-c1ccccc1)nn2-c1ccccc1. The molecule has 2 aromatic heterocycles. The molecular weight excluding hydrogens is 412 g/mol. The number of ether oxygens (including phenoxy) is 1. The average molecular weight is 441 g/mol. The Bertz CT molecular complexity index is 1250. The third-order valence-corrected chi connectivity index (χ3v) is 6.18. The lowest BCUT2D eigenvalue weighted by Gasteiger charge is -2.22. The molecule has 1 saturated carbocycles. The number of para-hydroxylation sites is 1. The Balaban J connectivity index is 1.47. The quantitative estimate of drug-likeness (QED) is 0.446. The van der Waals surface area contributed by atoms with E-state index in [1.54, 1.807) is 0 Å². The number of nitrogens with one attached hydrogen (secondary N) is 1. The van der Waals surface area contributed by atoms with Crippen molar-refractivity contribution < 1.29 is 9.53 Å². The number of fused-ring (bicyclic) bond motifs is 1. The van der Waals surface area contributed by atoms with Crippen LogP contribution in [0.5, 0.6) is 5.88 Å². The molecule has 1 aliphatic carbocycles. The molecule has 1 fully saturated rings. The molecule has 0 atom stereocenters. The number of pyridine rings is 1. The van der Waals surface area contributed by atoms with Crippen LogP contribution >= 0.6 is 0 Å². The zero-order chi connectivity index (χ0) is 22.6. The molecule has 6 nitrogen and oxygen atoms in total. The van der Waals surface area contributed by atoms with E-state index in [0.717, 1.165) is 40.7 Å². The summed E-state index contributed by atoms with van der Waals surface area (Å²) in [5.41, 5.74) is 4.54. The van der Waals surface area contributed by atoms with E-state index in [1.807, 2.05) is 66.2 Å². The van der Waals surface area contributed by atoms with Crippen molar-refractivity contribution in [2.24, 2.45) is 0 Å². The van der Waals surface area contributed by atoms with Crippen LogP contribution < -0.4 is 10.1 Å². The van der Waals surface area contributed by atoms with Gasteiger partial charge >= 0.3 is 0 Å². The summed E-state index contributed by atoms with van der Waals surface area (Å²) < 4.78 is 7.69. The lowest BCUT2D eigenvalue weighted by atomic mass is 9.95. The number of rotatable bonds is 6. The molecule has 2 heterocycles. The first-order chi connectivity index (χ1) is 16.2. The van der Waals surface area contributed by atoms with Crippen molar-refractivity contribution in [3.63, 3.8) is 0 Å². The van der Waals surface area contributed by atoms with Gasteiger partial charge in [0.1, 0.15) is 5.69 Å². The summed E-state index contributed by atoms with van der Waals surface area (Å²) in [5.74, 6) is 0.332. The molecule has 1 N–H and O–H groups in total. The molecule has 4 aromatic rings. The third-order valence-electron chi connectivity index (χ3n) is 6.18. The Hall–Kier alpha value is -3.67. The summed E-state index contributed by atoms with van der Waals surface area (Å²) in [6.45, 7) is 1.99. The van der Waals surface area contributed by atoms with Crippen LogP contribution in [0.2, 0.25) is 0 Å². The summed E-state index contributed by atoms with van der Waals surface area (Å²) in [6.07, 6.45) is 5.71. The average Bonchev–Trinajstić information content (AvgIpc) is 3.25. The van der Waals surface area contributed by atoms with E-state index in [9.17, 15) is 4.79 Å². The molecule has 0 unspecified atom stereocenters. The fourth-order valence-corrected chi connectivity index (χ4v) is 4.55. The Kier molecular flexibility index (Phi) is 6.07. The van der Waals surface area contributed by atoms with Gasteiger partial charge in [0.05, 0.1) is 11.1 Å². The molecule has 0 radical (unpaired) electrons. The molecule has 2 aromatic carbocycles. The zero-order valence-corrected chi connectivity index (χ0v) is 18.8. The van der Waals surface area contributed by atoms with Gasteiger partial charge < -0.3 is 10.1 Å². The highest BCUT2D eigenvalue weighted by Gasteiger charge is 2.20. The number of amides is 1. The molecule has 1 amide bonds. The molecule has 33 heavy (non-hydrogen) atoms. The Morgan fingerprint density at radius 2 is 1.73 bits per heavy atom. The molecular formula is C27H28N4O2. The highest BCUT2D eigenvalue weighted by molar-refractivity contribution is 5.95. The number of nitrogens with zero attached hydrogens (tertiary/aromatic N) is 3. The molecule has 0 aliphatic heterocycles. The summed E-state index contributed by atoms with van der Waals surface area (Å²) in [5, 5.41) is 8.99. The number of hydrogen-bond donors (Lipinski definition) is 1. The molecule has 0 bridgehead atoms. The fraction of sp³-hybridized carbons (Fsp3) is 0.296. The van der Waals surface area contributed by atoms with Gasteiger partial charge in [0.15, 0.2) is 12.3 Å². The maximum Gasteiger partial charge on any atom is 0.258 e. The highest BCUT2D eigenvalue weighted by atomic mass is 16.5. The Labute approximate surface area is 193 Å². The van der Waals surface area contributed by atoms with Crippen molar-refractivity contribution in [1.29, 1.82) is 0 Å². The maximum atomic E-state index is 12.4. The minimum atomic E-state index is -0.0945. The van der Waals surface area contributed by atoms with Crippen molar-refractivity contribution in [1.82, 2.24) is 20.1 Å². The highest BCUT2D eigenvalue weighted by Crippen LogP contribution is 2.33. The van der Waals surface area contributed by atoms with Gasteiger partial charge in [-0.3, -0.25) is 4.79 Å². The maximum absolute atomic E-state index is 12.4. The topological polar surface area (TPSA) is 69.0 Å². The van der Waals surface area contributed by atoms with Gasteiger partial charge in [0.2, 0.25) is 5.88 Å². The molecule has 168 valence electrons. The molecule has 5 rings (SSSR count). The van der Waals surface area contributed by atoms with E-state index >= 15 is 0 Å². The normalized spacial score (nSPS) is 14.3. The first-order valence-corrected chi connectivity index (χ1v) is 11.6. The van der Waals surface area contributed by atoms with E-state index in [4.69, 9.17) is 14.8 Å². The first-order valence-electron chi connectivity index (χ1n) is 11.6. The number of hydrogen-bond acceptors (Lipinski definition) is 4. The van der Waals surface area contributed by atoms with E-state index in [-0.39, 0.29) is 18.6 Å². The predicted octanol–water partition coefficient (Wildman–Crippen LogP) is 5.22. The van der Waals surface area contributed by atoms with E-state index in [0.29, 0.717) is 11.5 Å². The number of benzene rings is 2. The van der Waals surface area contributed by atoms with Crippen molar-refractivity contribution in [2.75, 3.05) is 6.61 Å². The van der Waals surface area contributed by atoms with Crippen LogP contribution in [0.3, 0.4) is 0 Å². The van der Waals surface area contributed by atoms with Crippen LogP contribution in [0.25, 0.3) is 28.0 Å². The second-order valence-electron chi connectivity index (χ2n) is 8.63. The van der Waals surface area contributed by atoms with E-state index in [1.165, 1.54) is 19.3 Å². The zero-order valence-electron chi connectivity index (χ0n) is 18.8. The first kappa shape index (κ1) is 21.2. The lowest BCUT2D eigenvalue weighted by molar-refractivity contribution is -0.124. The van der Waals surface area contributed by atoms with Gasteiger partial charge in [-0.25, -0.2) is 4.68 Å². The van der Waals surface area contributed by atoms with Crippen molar-refractivity contribution >= 4 is 16.9 Å². The standard InChI is InChI=1S/C27H28N4O2/c1-19-17-24(33-18-23(32)28-21-13-7-3-8-14-21)29-27-25(19)26(20-11-5-2-6-12-20)30-31(27)22-15-9-4-10-16-22/h2,4-6,9-12,15-17,21H,3,7-8,13-14,18H2,1H3,(H,28,32). The van der Waals surface area contributed by atoms with Gasteiger partial charge in [0, 0.05) is 17.7 Å². The predicted molar refractivity (Wildman–Crippen MR) is 130 cm³/mol. The second kappa shape index (κ2) is 9.45. The lowest BCUT2D eigenvalue weighted by Crippen LogP contribution is -2.39. The van der Waals surface area contributed by atoms with Crippen LogP contribution in [-0.2, 0) is 4.79 Å². The van der Waals surface area contributed by atoms with Gasteiger partial charge in [-0.2, -0.15) is 10.1 Å². The summed E-state index contributed by atoms with van der Waals surface area (Å²) in [4.78, 5) is 17.2. The Morgan fingerprint density at radius 3 is 2.45 bits per heavy atom. The van der Waals surface area contributed by atoms with Crippen molar-refractivity contribution in [2.45, 2.75) is 45.1 Å². The van der Waals surface area contributed by atoms with Crippen LogP contribution in [0, 0.1) is 6.92 Å². The summed E-state index contributed by atoms with van der Waals surface area (Å²) in [7, 11) is 0. The van der Waals surface area contributed by atoms with Crippen LogP contribution in [0.1, 0.15) is 37.7 Å². The van der Waals surface area contributed by atoms with Gasteiger partial charge in [0.25, 0.3) is 5.91 Å². The Morgan fingerprint density at radius 1 is 1.03 bits per heavy atom. The number of aryl methyl sites for hydroxylation is 1. The van der Waals surface area contributed by atoms with E-state index in [2.05, 4.69) is 17.4 Å². The van der Waals surface area contributed by atoms with Crippen molar-refractivity contribution in [3.8, 4) is 22.8 Å². The van der Waals surface area contributed by atoms with Crippen LogP contribution in [0.4, 0.5) is 0 Å².